The Labute approximate surface area is 95.0 Å². The highest BCUT2D eigenvalue weighted by atomic mass is 35.5. The van der Waals surface area contributed by atoms with Crippen LogP contribution in [0.1, 0.15) is 18.4 Å². The maximum absolute atomic E-state index is 6.24. The van der Waals surface area contributed by atoms with Crippen LogP contribution in [0.5, 0.6) is 0 Å². The first-order chi connectivity index (χ1) is 7.30. The molecule has 0 unspecified atom stereocenters. The first-order valence-electron chi connectivity index (χ1n) is 5.54. The minimum Gasteiger partial charge on any atom is -0.314 e. The third-order valence-electron chi connectivity index (χ3n) is 3.40. The predicted molar refractivity (Wildman–Crippen MR) is 62.2 cm³/mol. The molecule has 0 atom stereocenters. The maximum atomic E-state index is 6.24. The Morgan fingerprint density at radius 1 is 1.27 bits per heavy atom. The molecule has 2 aliphatic rings. The molecule has 0 radical (unpaired) electrons. The van der Waals surface area contributed by atoms with Gasteiger partial charge in [-0.15, -0.1) is 0 Å². The monoisotopic (exact) mass is 222 g/mol. The summed E-state index contributed by atoms with van der Waals surface area (Å²) in [5.41, 5.74) is 1.46. The van der Waals surface area contributed by atoms with Crippen LogP contribution in [0, 0.1) is 0 Å². The normalized spacial score (nSPS) is 23.5. The van der Waals surface area contributed by atoms with E-state index in [0.29, 0.717) is 6.04 Å². The zero-order valence-electron chi connectivity index (χ0n) is 8.59. The Balaban J connectivity index is 1.83. The number of halogens is 1. The lowest BCUT2D eigenvalue weighted by atomic mass is 10.0. The van der Waals surface area contributed by atoms with E-state index < -0.39 is 0 Å². The van der Waals surface area contributed by atoms with Crippen molar-refractivity contribution in [1.29, 1.82) is 0 Å². The molecule has 1 saturated carbocycles. The van der Waals surface area contributed by atoms with E-state index in [1.54, 1.807) is 0 Å². The summed E-state index contributed by atoms with van der Waals surface area (Å²) in [5, 5.41) is 7.89. The van der Waals surface area contributed by atoms with E-state index in [1.165, 1.54) is 18.4 Å². The fraction of sp³-hybridized carbons (Fsp3) is 0.500. The summed E-state index contributed by atoms with van der Waals surface area (Å²) in [4.78, 5) is 0. The van der Waals surface area contributed by atoms with Crippen LogP contribution in [0.15, 0.2) is 24.3 Å². The van der Waals surface area contributed by atoms with Gasteiger partial charge in [-0.25, -0.2) is 0 Å². The van der Waals surface area contributed by atoms with Gasteiger partial charge in [0.15, 0.2) is 0 Å². The molecule has 1 aromatic carbocycles. The van der Waals surface area contributed by atoms with E-state index in [1.807, 2.05) is 12.1 Å². The molecule has 2 fully saturated rings. The van der Waals surface area contributed by atoms with Gasteiger partial charge in [-0.2, -0.15) is 0 Å². The molecule has 0 bridgehead atoms. The summed E-state index contributed by atoms with van der Waals surface area (Å²) in [6.45, 7) is 2.18. The molecule has 3 heteroatoms. The highest BCUT2D eigenvalue weighted by molar-refractivity contribution is 6.31. The van der Waals surface area contributed by atoms with Crippen molar-refractivity contribution in [3.8, 4) is 0 Å². The molecule has 15 heavy (non-hydrogen) atoms. The number of hydrogen-bond donors (Lipinski definition) is 2. The SMILES string of the molecule is Clc1ccccc1C1(NC2CNC2)CC1. The second-order valence-corrected chi connectivity index (χ2v) is 4.97. The van der Waals surface area contributed by atoms with Gasteiger partial charge in [-0.3, -0.25) is 0 Å². The topological polar surface area (TPSA) is 24.1 Å². The van der Waals surface area contributed by atoms with E-state index in [2.05, 4.69) is 22.8 Å². The zero-order chi connectivity index (χ0) is 10.3. The van der Waals surface area contributed by atoms with Crippen molar-refractivity contribution < 1.29 is 0 Å². The molecule has 1 heterocycles. The van der Waals surface area contributed by atoms with Gasteiger partial charge < -0.3 is 10.6 Å². The van der Waals surface area contributed by atoms with Crippen LogP contribution in [0.2, 0.25) is 5.02 Å². The van der Waals surface area contributed by atoms with Crippen LogP contribution >= 0.6 is 11.6 Å². The lowest BCUT2D eigenvalue weighted by molar-refractivity contribution is 0.319. The van der Waals surface area contributed by atoms with Crippen molar-refractivity contribution in [2.24, 2.45) is 0 Å². The molecule has 1 aliphatic heterocycles. The number of benzene rings is 1. The fourth-order valence-electron chi connectivity index (χ4n) is 2.25. The summed E-state index contributed by atoms with van der Waals surface area (Å²) >= 11 is 6.24. The first-order valence-corrected chi connectivity index (χ1v) is 5.91. The second kappa shape index (κ2) is 3.48. The molecular formula is C12H15ClN2. The van der Waals surface area contributed by atoms with Gasteiger partial charge >= 0.3 is 0 Å². The van der Waals surface area contributed by atoms with E-state index >= 15 is 0 Å². The molecule has 0 aromatic heterocycles. The van der Waals surface area contributed by atoms with Gasteiger partial charge in [-0.05, 0) is 24.5 Å². The van der Waals surface area contributed by atoms with Crippen LogP contribution in [0.3, 0.4) is 0 Å². The first kappa shape index (κ1) is 9.64. The van der Waals surface area contributed by atoms with Crippen LogP contribution in [-0.4, -0.2) is 19.1 Å². The number of hydrogen-bond acceptors (Lipinski definition) is 2. The van der Waals surface area contributed by atoms with Crippen molar-refractivity contribution in [1.82, 2.24) is 10.6 Å². The molecule has 80 valence electrons. The van der Waals surface area contributed by atoms with Crippen LogP contribution in [0.4, 0.5) is 0 Å². The summed E-state index contributed by atoms with van der Waals surface area (Å²) < 4.78 is 0. The van der Waals surface area contributed by atoms with Crippen molar-refractivity contribution >= 4 is 11.6 Å². The Bertz CT molecular complexity index is 370. The van der Waals surface area contributed by atoms with Gasteiger partial charge in [0.1, 0.15) is 0 Å². The maximum Gasteiger partial charge on any atom is 0.0456 e. The Kier molecular flexibility index (Phi) is 2.23. The lowest BCUT2D eigenvalue weighted by Gasteiger charge is -2.33. The summed E-state index contributed by atoms with van der Waals surface area (Å²) in [6.07, 6.45) is 2.43. The van der Waals surface area contributed by atoms with Crippen molar-refractivity contribution in [3.05, 3.63) is 34.9 Å². The Morgan fingerprint density at radius 3 is 2.53 bits per heavy atom. The van der Waals surface area contributed by atoms with Gasteiger partial charge in [0.2, 0.25) is 0 Å². The highest BCUT2D eigenvalue weighted by Crippen LogP contribution is 2.48. The molecule has 1 saturated heterocycles. The Hall–Kier alpha value is -0.570. The van der Waals surface area contributed by atoms with Gasteiger partial charge in [0.25, 0.3) is 0 Å². The van der Waals surface area contributed by atoms with Gasteiger partial charge in [-0.1, -0.05) is 29.8 Å². The quantitative estimate of drug-likeness (QED) is 0.816. The lowest BCUT2D eigenvalue weighted by Crippen LogP contribution is -2.58. The van der Waals surface area contributed by atoms with Crippen molar-refractivity contribution in [3.63, 3.8) is 0 Å². The average Bonchev–Trinajstić information content (AvgIpc) is 2.94. The zero-order valence-corrected chi connectivity index (χ0v) is 9.35. The number of rotatable bonds is 3. The number of nitrogens with one attached hydrogen (secondary N) is 2. The van der Waals surface area contributed by atoms with Crippen molar-refractivity contribution in [2.75, 3.05) is 13.1 Å². The van der Waals surface area contributed by atoms with Crippen LogP contribution in [-0.2, 0) is 5.54 Å². The van der Waals surface area contributed by atoms with Crippen molar-refractivity contribution in [2.45, 2.75) is 24.4 Å². The minimum absolute atomic E-state index is 0.186. The highest BCUT2D eigenvalue weighted by Gasteiger charge is 2.47. The average molecular weight is 223 g/mol. The molecule has 3 rings (SSSR count). The molecule has 1 aliphatic carbocycles. The summed E-state index contributed by atoms with van der Waals surface area (Å²) in [6, 6.07) is 8.82. The van der Waals surface area contributed by atoms with E-state index in [0.717, 1.165) is 18.1 Å². The van der Waals surface area contributed by atoms with Crippen LogP contribution in [0.25, 0.3) is 0 Å². The van der Waals surface area contributed by atoms with Gasteiger partial charge in [0.05, 0.1) is 0 Å². The molecule has 1 aromatic rings. The van der Waals surface area contributed by atoms with E-state index in [9.17, 15) is 0 Å². The third-order valence-corrected chi connectivity index (χ3v) is 3.73. The van der Waals surface area contributed by atoms with Gasteiger partial charge in [0, 0.05) is 29.7 Å². The molecular weight excluding hydrogens is 208 g/mol. The van der Waals surface area contributed by atoms with E-state index in [4.69, 9.17) is 11.6 Å². The van der Waals surface area contributed by atoms with Crippen LogP contribution < -0.4 is 10.6 Å². The third kappa shape index (κ3) is 1.67. The Morgan fingerprint density at radius 2 is 2.00 bits per heavy atom. The standard InChI is InChI=1S/C12H15ClN2/c13-11-4-2-1-3-10(11)12(5-6-12)15-9-7-14-8-9/h1-4,9,14-15H,5-8H2. The molecule has 2 N–H and O–H groups in total. The smallest absolute Gasteiger partial charge is 0.0456 e. The largest absolute Gasteiger partial charge is 0.314 e. The molecule has 0 spiro atoms. The molecule has 2 nitrogen and oxygen atoms in total. The fourth-order valence-corrected chi connectivity index (χ4v) is 2.56. The summed E-state index contributed by atoms with van der Waals surface area (Å²) in [5.74, 6) is 0. The predicted octanol–water partition coefficient (Wildman–Crippen LogP) is 1.89. The van der Waals surface area contributed by atoms with E-state index in [-0.39, 0.29) is 5.54 Å². The molecule has 0 amide bonds. The summed E-state index contributed by atoms with van der Waals surface area (Å²) in [7, 11) is 0. The minimum atomic E-state index is 0.186. The second-order valence-electron chi connectivity index (χ2n) is 4.56.